The lowest BCUT2D eigenvalue weighted by Crippen LogP contribution is -2.26. The number of primary sulfonamides is 1. The third kappa shape index (κ3) is 6.68. The summed E-state index contributed by atoms with van der Waals surface area (Å²) in [5.74, 6) is 0.445. The molecule has 0 radical (unpaired) electrons. The third-order valence-corrected chi connectivity index (χ3v) is 3.62. The first-order valence-corrected chi connectivity index (χ1v) is 8.89. The summed E-state index contributed by atoms with van der Waals surface area (Å²) < 4.78 is 50.8. The standard InChI is InChI=1S/C9H17N3O5S2/c1-18(13,14)12-6-2-5-11-7-8-3-4-9(17-8)19(10,15)16/h3-4,11-12H,2,5-7H2,1H3,(H2,10,15,16). The molecule has 1 aromatic rings. The van der Waals surface area contributed by atoms with Gasteiger partial charge in [0, 0.05) is 6.54 Å². The first kappa shape index (κ1) is 16.1. The molecule has 4 N–H and O–H groups in total. The summed E-state index contributed by atoms with van der Waals surface area (Å²) in [6.07, 6.45) is 1.70. The Hall–Kier alpha value is -0.940. The van der Waals surface area contributed by atoms with Crippen molar-refractivity contribution in [3.8, 4) is 0 Å². The van der Waals surface area contributed by atoms with Gasteiger partial charge in [0.15, 0.2) is 0 Å². The van der Waals surface area contributed by atoms with Crippen LogP contribution in [0.1, 0.15) is 12.2 Å². The molecule has 8 nitrogen and oxygen atoms in total. The average molecular weight is 311 g/mol. The molecule has 19 heavy (non-hydrogen) atoms. The molecular formula is C9H17N3O5S2. The van der Waals surface area contributed by atoms with Gasteiger partial charge in [0.25, 0.3) is 10.0 Å². The maximum absolute atomic E-state index is 11.0. The lowest BCUT2D eigenvalue weighted by Gasteiger charge is -2.03. The molecule has 0 amide bonds. The van der Waals surface area contributed by atoms with Crippen molar-refractivity contribution in [3.63, 3.8) is 0 Å². The molecule has 0 aromatic carbocycles. The van der Waals surface area contributed by atoms with Crippen molar-refractivity contribution in [3.05, 3.63) is 17.9 Å². The van der Waals surface area contributed by atoms with Gasteiger partial charge in [-0.2, -0.15) is 0 Å². The van der Waals surface area contributed by atoms with Crippen LogP contribution in [0.4, 0.5) is 0 Å². The van der Waals surface area contributed by atoms with Crippen LogP contribution in [0.5, 0.6) is 0 Å². The minimum atomic E-state index is -3.81. The summed E-state index contributed by atoms with van der Waals surface area (Å²) in [6.45, 7) is 1.24. The van der Waals surface area contributed by atoms with Gasteiger partial charge in [-0.05, 0) is 25.1 Å². The Labute approximate surface area is 112 Å². The van der Waals surface area contributed by atoms with E-state index >= 15 is 0 Å². The second kappa shape index (κ2) is 6.48. The van der Waals surface area contributed by atoms with Gasteiger partial charge in [-0.1, -0.05) is 0 Å². The number of nitrogens with two attached hydrogens (primary N) is 1. The molecule has 1 aromatic heterocycles. The molecule has 0 aliphatic carbocycles. The molecule has 0 aliphatic rings. The minimum Gasteiger partial charge on any atom is -0.447 e. The fourth-order valence-electron chi connectivity index (χ4n) is 1.29. The zero-order valence-corrected chi connectivity index (χ0v) is 12.1. The van der Waals surface area contributed by atoms with E-state index in [1.165, 1.54) is 12.1 Å². The van der Waals surface area contributed by atoms with Gasteiger partial charge in [0.2, 0.25) is 15.1 Å². The first-order chi connectivity index (χ1) is 8.68. The molecule has 0 fully saturated rings. The number of nitrogens with one attached hydrogen (secondary N) is 2. The summed E-state index contributed by atoms with van der Waals surface area (Å²) in [4.78, 5) is 0. The summed E-state index contributed by atoms with van der Waals surface area (Å²) in [7, 11) is -6.96. The number of rotatable bonds is 8. The first-order valence-electron chi connectivity index (χ1n) is 5.45. The Morgan fingerprint density at radius 1 is 1.21 bits per heavy atom. The molecule has 10 heteroatoms. The molecule has 0 aliphatic heterocycles. The summed E-state index contributed by atoms with van der Waals surface area (Å²) in [5, 5.41) is 7.61. The van der Waals surface area contributed by atoms with E-state index in [1.54, 1.807) is 0 Å². The van der Waals surface area contributed by atoms with Crippen LogP contribution in [0.15, 0.2) is 21.6 Å². The van der Waals surface area contributed by atoms with Gasteiger partial charge >= 0.3 is 0 Å². The Morgan fingerprint density at radius 3 is 2.42 bits per heavy atom. The highest BCUT2D eigenvalue weighted by atomic mass is 32.2. The molecule has 1 rings (SSSR count). The van der Waals surface area contributed by atoms with Crippen LogP contribution in [0.3, 0.4) is 0 Å². The van der Waals surface area contributed by atoms with E-state index in [0.29, 0.717) is 31.8 Å². The molecule has 110 valence electrons. The van der Waals surface area contributed by atoms with Gasteiger partial charge in [-0.15, -0.1) is 0 Å². The van der Waals surface area contributed by atoms with Crippen molar-refractivity contribution >= 4 is 20.0 Å². The summed E-state index contributed by atoms with van der Waals surface area (Å²) in [6, 6.07) is 2.80. The molecule has 1 heterocycles. The normalized spacial score (nSPS) is 12.7. The van der Waals surface area contributed by atoms with Crippen LogP contribution in [0.2, 0.25) is 0 Å². The predicted octanol–water partition coefficient (Wildman–Crippen LogP) is -1.04. The van der Waals surface area contributed by atoms with Crippen LogP contribution in [0.25, 0.3) is 0 Å². The van der Waals surface area contributed by atoms with Gasteiger partial charge < -0.3 is 9.73 Å². The van der Waals surface area contributed by atoms with Crippen molar-refractivity contribution in [2.45, 2.75) is 18.1 Å². The van der Waals surface area contributed by atoms with Gasteiger partial charge in [0.05, 0.1) is 12.8 Å². The lowest BCUT2D eigenvalue weighted by molar-refractivity contribution is 0.402. The van der Waals surface area contributed by atoms with Gasteiger partial charge in [-0.25, -0.2) is 26.7 Å². The zero-order chi connectivity index (χ0) is 14.5. The Morgan fingerprint density at radius 2 is 1.89 bits per heavy atom. The van der Waals surface area contributed by atoms with Crippen molar-refractivity contribution in [1.29, 1.82) is 0 Å². The molecule has 0 atom stereocenters. The largest absolute Gasteiger partial charge is 0.447 e. The van der Waals surface area contributed by atoms with Crippen LogP contribution in [0, 0.1) is 0 Å². The van der Waals surface area contributed by atoms with Crippen LogP contribution >= 0.6 is 0 Å². The fraction of sp³-hybridized carbons (Fsp3) is 0.556. The van der Waals surface area contributed by atoms with E-state index in [2.05, 4.69) is 10.0 Å². The number of hydrogen-bond donors (Lipinski definition) is 3. The van der Waals surface area contributed by atoms with Crippen LogP contribution in [-0.2, 0) is 26.6 Å². The van der Waals surface area contributed by atoms with E-state index < -0.39 is 20.0 Å². The SMILES string of the molecule is CS(=O)(=O)NCCCNCc1ccc(S(N)(=O)=O)o1. The number of furan rings is 1. The highest BCUT2D eigenvalue weighted by Crippen LogP contribution is 2.11. The van der Waals surface area contributed by atoms with E-state index in [4.69, 9.17) is 9.56 Å². The van der Waals surface area contributed by atoms with E-state index in [0.717, 1.165) is 6.26 Å². The Balaban J connectivity index is 2.25. The maximum atomic E-state index is 11.0. The highest BCUT2D eigenvalue weighted by Gasteiger charge is 2.12. The molecule has 0 saturated heterocycles. The molecule has 0 unspecified atom stereocenters. The van der Waals surface area contributed by atoms with Crippen LogP contribution < -0.4 is 15.2 Å². The van der Waals surface area contributed by atoms with E-state index in [-0.39, 0.29) is 5.09 Å². The molecular weight excluding hydrogens is 294 g/mol. The smallest absolute Gasteiger partial charge is 0.271 e. The quantitative estimate of drug-likeness (QED) is 0.525. The van der Waals surface area contributed by atoms with Crippen molar-refractivity contribution in [2.75, 3.05) is 19.3 Å². The van der Waals surface area contributed by atoms with Crippen molar-refractivity contribution < 1.29 is 21.3 Å². The van der Waals surface area contributed by atoms with Crippen molar-refractivity contribution in [2.24, 2.45) is 5.14 Å². The lowest BCUT2D eigenvalue weighted by atomic mass is 10.4. The average Bonchev–Trinajstić information content (AvgIpc) is 2.69. The molecule has 0 saturated carbocycles. The van der Waals surface area contributed by atoms with Crippen molar-refractivity contribution in [1.82, 2.24) is 10.0 Å². The molecule has 0 bridgehead atoms. The highest BCUT2D eigenvalue weighted by molar-refractivity contribution is 7.89. The Bertz CT molecular complexity index is 606. The predicted molar refractivity (Wildman–Crippen MR) is 69.3 cm³/mol. The van der Waals surface area contributed by atoms with E-state index in [1.807, 2.05) is 0 Å². The molecule has 0 spiro atoms. The monoisotopic (exact) mass is 311 g/mol. The van der Waals surface area contributed by atoms with E-state index in [9.17, 15) is 16.8 Å². The van der Waals surface area contributed by atoms with Gasteiger partial charge in [0.1, 0.15) is 5.76 Å². The second-order valence-corrected chi connectivity index (χ2v) is 7.29. The zero-order valence-electron chi connectivity index (χ0n) is 10.4. The summed E-state index contributed by atoms with van der Waals surface area (Å²) in [5.41, 5.74) is 0. The topological polar surface area (TPSA) is 132 Å². The Kier molecular flexibility index (Phi) is 5.50. The minimum absolute atomic E-state index is 0.275. The second-order valence-electron chi connectivity index (χ2n) is 3.96. The summed E-state index contributed by atoms with van der Waals surface area (Å²) >= 11 is 0. The van der Waals surface area contributed by atoms with Gasteiger partial charge in [-0.3, -0.25) is 0 Å². The number of sulfonamides is 2. The maximum Gasteiger partial charge on any atom is 0.271 e. The number of hydrogen-bond acceptors (Lipinski definition) is 6. The van der Waals surface area contributed by atoms with Crippen LogP contribution in [-0.4, -0.2) is 36.2 Å². The third-order valence-electron chi connectivity index (χ3n) is 2.11. The fourth-order valence-corrected chi connectivity index (χ4v) is 2.28.